The maximum absolute atomic E-state index is 12.5. The number of rotatable bonds is 4. The summed E-state index contributed by atoms with van der Waals surface area (Å²) in [6, 6.07) is 23.0. The first-order chi connectivity index (χ1) is 12.3. The molecular formula is C24H24O2. The summed E-state index contributed by atoms with van der Waals surface area (Å²) in [4.78, 5) is 12.5. The van der Waals surface area contributed by atoms with Gasteiger partial charge in [-0.2, -0.15) is 0 Å². The first kappa shape index (κ1) is 17.9. The summed E-state index contributed by atoms with van der Waals surface area (Å²) < 4.78 is 5.89. The van der Waals surface area contributed by atoms with E-state index in [4.69, 9.17) is 4.74 Å². The molecule has 0 unspecified atom stereocenters. The minimum absolute atomic E-state index is 0.0195. The first-order valence-electron chi connectivity index (χ1n) is 8.83. The van der Waals surface area contributed by atoms with Crippen molar-refractivity contribution in [1.82, 2.24) is 0 Å². The summed E-state index contributed by atoms with van der Waals surface area (Å²) in [6.45, 7) is 8.57. The molecule has 0 aliphatic carbocycles. The standard InChI is InChI=1S/C24H24O2/c1-17-5-7-18(8-6-17)23(25)19-9-13-21(14-10-19)26-22-15-11-20(12-16-22)24(2,3)4/h5-16H,1-4H3. The molecule has 3 aromatic rings. The number of aryl methyl sites for hydroxylation is 1. The monoisotopic (exact) mass is 344 g/mol. The van der Waals surface area contributed by atoms with E-state index in [1.54, 1.807) is 12.1 Å². The van der Waals surface area contributed by atoms with E-state index in [0.717, 1.165) is 11.3 Å². The Bertz CT molecular complexity index is 881. The third kappa shape index (κ3) is 4.20. The van der Waals surface area contributed by atoms with Gasteiger partial charge in [0.25, 0.3) is 0 Å². The molecule has 2 heteroatoms. The minimum Gasteiger partial charge on any atom is -0.457 e. The Kier molecular flexibility index (Phi) is 4.94. The highest BCUT2D eigenvalue weighted by Crippen LogP contribution is 2.27. The quantitative estimate of drug-likeness (QED) is 0.518. The van der Waals surface area contributed by atoms with Crippen LogP contribution in [0.4, 0.5) is 0 Å². The average Bonchev–Trinajstić information content (AvgIpc) is 2.62. The fraction of sp³-hybridized carbons (Fsp3) is 0.208. The Labute approximate surface area is 155 Å². The molecule has 3 aromatic carbocycles. The fourth-order valence-electron chi connectivity index (χ4n) is 2.71. The van der Waals surface area contributed by atoms with E-state index in [-0.39, 0.29) is 11.2 Å². The molecule has 2 nitrogen and oxygen atoms in total. The topological polar surface area (TPSA) is 26.3 Å². The van der Waals surface area contributed by atoms with Gasteiger partial charge >= 0.3 is 0 Å². The van der Waals surface area contributed by atoms with Crippen molar-refractivity contribution in [3.05, 3.63) is 95.1 Å². The van der Waals surface area contributed by atoms with Gasteiger partial charge < -0.3 is 4.74 Å². The number of benzene rings is 3. The lowest BCUT2D eigenvalue weighted by atomic mass is 9.87. The Morgan fingerprint density at radius 1 is 0.692 bits per heavy atom. The van der Waals surface area contributed by atoms with Crippen molar-refractivity contribution >= 4 is 5.78 Å². The van der Waals surface area contributed by atoms with E-state index >= 15 is 0 Å². The lowest BCUT2D eigenvalue weighted by Gasteiger charge is -2.19. The van der Waals surface area contributed by atoms with Gasteiger partial charge in [-0.1, -0.05) is 62.7 Å². The van der Waals surface area contributed by atoms with Crippen LogP contribution in [-0.4, -0.2) is 5.78 Å². The molecule has 0 N–H and O–H groups in total. The smallest absolute Gasteiger partial charge is 0.193 e. The van der Waals surface area contributed by atoms with Gasteiger partial charge in [0, 0.05) is 11.1 Å². The normalized spacial score (nSPS) is 11.2. The highest BCUT2D eigenvalue weighted by Gasteiger charge is 2.13. The van der Waals surface area contributed by atoms with Gasteiger partial charge in [0.15, 0.2) is 5.78 Å². The molecule has 0 atom stereocenters. The van der Waals surface area contributed by atoms with Crippen LogP contribution in [0.5, 0.6) is 11.5 Å². The summed E-state index contributed by atoms with van der Waals surface area (Å²) in [6.07, 6.45) is 0. The van der Waals surface area contributed by atoms with Crippen LogP contribution < -0.4 is 4.74 Å². The molecule has 0 saturated carbocycles. The van der Waals surface area contributed by atoms with Gasteiger partial charge in [-0.25, -0.2) is 0 Å². The molecule has 0 aliphatic heterocycles. The van der Waals surface area contributed by atoms with Crippen molar-refractivity contribution in [3.63, 3.8) is 0 Å². The van der Waals surface area contributed by atoms with E-state index in [9.17, 15) is 4.79 Å². The number of hydrogen-bond acceptors (Lipinski definition) is 2. The molecule has 0 radical (unpaired) electrons. The third-order valence-electron chi connectivity index (χ3n) is 4.39. The van der Waals surface area contributed by atoms with E-state index in [2.05, 4.69) is 32.9 Å². The van der Waals surface area contributed by atoms with Gasteiger partial charge in [-0.05, 0) is 54.3 Å². The van der Waals surface area contributed by atoms with E-state index in [0.29, 0.717) is 16.9 Å². The molecule has 132 valence electrons. The van der Waals surface area contributed by atoms with Crippen molar-refractivity contribution in [2.45, 2.75) is 33.1 Å². The summed E-state index contributed by atoms with van der Waals surface area (Å²) in [5.41, 5.74) is 3.88. The van der Waals surface area contributed by atoms with Gasteiger partial charge in [0.2, 0.25) is 0 Å². The zero-order chi connectivity index (χ0) is 18.7. The number of carbonyl (C=O) groups is 1. The van der Waals surface area contributed by atoms with Crippen LogP contribution in [0, 0.1) is 6.92 Å². The van der Waals surface area contributed by atoms with Crippen LogP contribution in [0.1, 0.15) is 47.8 Å². The Morgan fingerprint density at radius 3 is 1.58 bits per heavy atom. The summed E-state index contributed by atoms with van der Waals surface area (Å²) in [5.74, 6) is 1.52. The van der Waals surface area contributed by atoms with Crippen molar-refractivity contribution in [2.24, 2.45) is 0 Å². The molecule has 0 heterocycles. The lowest BCUT2D eigenvalue weighted by Crippen LogP contribution is -2.10. The van der Waals surface area contributed by atoms with Crippen LogP contribution in [-0.2, 0) is 5.41 Å². The lowest BCUT2D eigenvalue weighted by molar-refractivity contribution is 0.103. The van der Waals surface area contributed by atoms with Crippen LogP contribution >= 0.6 is 0 Å². The second kappa shape index (κ2) is 7.17. The largest absolute Gasteiger partial charge is 0.457 e. The van der Waals surface area contributed by atoms with Crippen molar-refractivity contribution in [1.29, 1.82) is 0 Å². The third-order valence-corrected chi connectivity index (χ3v) is 4.39. The van der Waals surface area contributed by atoms with Crippen LogP contribution in [0.15, 0.2) is 72.8 Å². The highest BCUT2D eigenvalue weighted by molar-refractivity contribution is 6.09. The van der Waals surface area contributed by atoms with Gasteiger partial charge in [0.1, 0.15) is 11.5 Å². The van der Waals surface area contributed by atoms with E-state index in [1.807, 2.05) is 55.5 Å². The number of hydrogen-bond donors (Lipinski definition) is 0. The Balaban J connectivity index is 1.71. The van der Waals surface area contributed by atoms with E-state index in [1.165, 1.54) is 5.56 Å². The van der Waals surface area contributed by atoms with Gasteiger partial charge in [-0.3, -0.25) is 4.79 Å². The van der Waals surface area contributed by atoms with Crippen molar-refractivity contribution < 1.29 is 9.53 Å². The van der Waals surface area contributed by atoms with Gasteiger partial charge in [0.05, 0.1) is 0 Å². The number of carbonyl (C=O) groups excluding carboxylic acids is 1. The second-order valence-electron chi connectivity index (χ2n) is 7.60. The molecule has 0 bridgehead atoms. The highest BCUT2D eigenvalue weighted by atomic mass is 16.5. The summed E-state index contributed by atoms with van der Waals surface area (Å²) in [5, 5.41) is 0. The molecular weight excluding hydrogens is 320 g/mol. The minimum atomic E-state index is 0.0195. The first-order valence-corrected chi connectivity index (χ1v) is 8.83. The molecule has 0 spiro atoms. The molecule has 0 aliphatic rings. The van der Waals surface area contributed by atoms with Crippen LogP contribution in [0.2, 0.25) is 0 Å². The Morgan fingerprint density at radius 2 is 1.12 bits per heavy atom. The predicted molar refractivity (Wildman–Crippen MR) is 106 cm³/mol. The van der Waals surface area contributed by atoms with E-state index < -0.39 is 0 Å². The maximum Gasteiger partial charge on any atom is 0.193 e. The molecule has 0 aromatic heterocycles. The van der Waals surface area contributed by atoms with Crippen molar-refractivity contribution in [2.75, 3.05) is 0 Å². The zero-order valence-electron chi connectivity index (χ0n) is 15.7. The maximum atomic E-state index is 12.5. The molecule has 3 rings (SSSR count). The molecule has 26 heavy (non-hydrogen) atoms. The average molecular weight is 344 g/mol. The molecule has 0 fully saturated rings. The van der Waals surface area contributed by atoms with Crippen LogP contribution in [0.3, 0.4) is 0 Å². The number of ketones is 1. The van der Waals surface area contributed by atoms with Crippen molar-refractivity contribution in [3.8, 4) is 11.5 Å². The zero-order valence-corrected chi connectivity index (χ0v) is 15.7. The second-order valence-corrected chi connectivity index (χ2v) is 7.60. The Hall–Kier alpha value is -2.87. The summed E-state index contributed by atoms with van der Waals surface area (Å²) in [7, 11) is 0. The van der Waals surface area contributed by atoms with Crippen LogP contribution in [0.25, 0.3) is 0 Å². The summed E-state index contributed by atoms with van der Waals surface area (Å²) >= 11 is 0. The molecule has 0 amide bonds. The number of ether oxygens (including phenoxy) is 1. The van der Waals surface area contributed by atoms with Gasteiger partial charge in [-0.15, -0.1) is 0 Å². The predicted octanol–water partition coefficient (Wildman–Crippen LogP) is 6.32. The molecule has 0 saturated heterocycles. The fourth-order valence-corrected chi connectivity index (χ4v) is 2.71. The SMILES string of the molecule is Cc1ccc(C(=O)c2ccc(Oc3ccc(C(C)(C)C)cc3)cc2)cc1.